The molecule has 0 saturated carbocycles. The minimum atomic E-state index is -0.543. The summed E-state index contributed by atoms with van der Waals surface area (Å²) in [4.78, 5) is 23.9. The van der Waals surface area contributed by atoms with Gasteiger partial charge in [-0.2, -0.15) is 0 Å². The van der Waals surface area contributed by atoms with Crippen LogP contribution < -0.4 is 10.4 Å². The van der Waals surface area contributed by atoms with E-state index in [9.17, 15) is 9.59 Å². The summed E-state index contributed by atoms with van der Waals surface area (Å²) in [5, 5.41) is 1.47. The highest BCUT2D eigenvalue weighted by molar-refractivity contribution is 6.12. The summed E-state index contributed by atoms with van der Waals surface area (Å²) in [7, 11) is 1.57. The third kappa shape index (κ3) is 4.10. The molecule has 0 aliphatic rings. The van der Waals surface area contributed by atoms with Crippen molar-refractivity contribution in [3.8, 4) is 16.9 Å². The summed E-state index contributed by atoms with van der Waals surface area (Å²) < 4.78 is 22.1. The number of methoxy groups -OCH3 is 1. The number of rotatable bonds is 4. The van der Waals surface area contributed by atoms with Crippen molar-refractivity contribution in [3.63, 3.8) is 0 Å². The number of esters is 1. The molecule has 6 nitrogen and oxygen atoms in total. The van der Waals surface area contributed by atoms with Crippen molar-refractivity contribution in [2.45, 2.75) is 26.4 Å². The Hall–Kier alpha value is -3.80. The van der Waals surface area contributed by atoms with E-state index in [4.69, 9.17) is 18.3 Å². The van der Waals surface area contributed by atoms with E-state index in [2.05, 4.69) is 0 Å². The molecule has 0 fully saturated rings. The van der Waals surface area contributed by atoms with Crippen molar-refractivity contribution >= 4 is 34.0 Å². The Morgan fingerprint density at radius 1 is 0.968 bits per heavy atom. The van der Waals surface area contributed by atoms with Gasteiger partial charge in [-0.1, -0.05) is 24.3 Å². The average Bonchev–Trinajstić information content (AvgIpc) is 3.19. The molecule has 4 aromatic rings. The smallest absolute Gasteiger partial charge is 0.336 e. The minimum absolute atomic E-state index is 0.392. The van der Waals surface area contributed by atoms with Crippen LogP contribution in [0, 0.1) is 0 Å². The lowest BCUT2D eigenvalue weighted by molar-refractivity contribution is -0.148. The lowest BCUT2D eigenvalue weighted by Gasteiger charge is -2.17. The predicted octanol–water partition coefficient (Wildman–Crippen LogP) is 5.57. The quantitative estimate of drug-likeness (QED) is 0.245. The first-order valence-corrected chi connectivity index (χ1v) is 9.79. The predicted molar refractivity (Wildman–Crippen MR) is 119 cm³/mol. The van der Waals surface area contributed by atoms with Gasteiger partial charge < -0.3 is 18.3 Å². The molecule has 2 aromatic heterocycles. The van der Waals surface area contributed by atoms with E-state index < -0.39 is 17.2 Å². The summed E-state index contributed by atoms with van der Waals surface area (Å²) in [6.07, 6.45) is 4.66. The molecule has 0 spiro atoms. The second-order valence-corrected chi connectivity index (χ2v) is 8.06. The van der Waals surface area contributed by atoms with Gasteiger partial charge in [0.15, 0.2) is 5.58 Å². The molecule has 0 saturated heterocycles. The van der Waals surface area contributed by atoms with E-state index in [1.807, 2.05) is 51.1 Å². The fraction of sp³-hybridized carbons (Fsp3) is 0.200. The van der Waals surface area contributed by atoms with E-state index in [1.54, 1.807) is 25.5 Å². The van der Waals surface area contributed by atoms with Gasteiger partial charge in [0.05, 0.1) is 29.7 Å². The van der Waals surface area contributed by atoms with Crippen LogP contribution in [0.15, 0.2) is 68.4 Å². The first-order chi connectivity index (χ1) is 14.8. The van der Waals surface area contributed by atoms with Crippen molar-refractivity contribution in [2.24, 2.45) is 0 Å². The van der Waals surface area contributed by atoms with Gasteiger partial charge in [-0.25, -0.2) is 9.59 Å². The molecule has 0 amide bonds. The Morgan fingerprint density at radius 3 is 2.35 bits per heavy atom. The number of fused-ring (bicyclic) bond motifs is 2. The van der Waals surface area contributed by atoms with Crippen LogP contribution in [0.25, 0.3) is 39.1 Å². The average molecular weight is 418 g/mol. The molecule has 2 heterocycles. The highest BCUT2D eigenvalue weighted by Gasteiger charge is 2.20. The van der Waals surface area contributed by atoms with Crippen LogP contribution in [0.5, 0.6) is 5.75 Å². The van der Waals surface area contributed by atoms with E-state index in [1.165, 1.54) is 12.1 Å². The number of hydrogen-bond donors (Lipinski definition) is 0. The van der Waals surface area contributed by atoms with Gasteiger partial charge in [-0.3, -0.25) is 0 Å². The maximum atomic E-state index is 12.0. The second kappa shape index (κ2) is 7.80. The molecule has 0 N–H and O–H groups in total. The molecule has 0 atom stereocenters. The maximum absolute atomic E-state index is 12.0. The van der Waals surface area contributed by atoms with Crippen molar-refractivity contribution in [1.29, 1.82) is 0 Å². The minimum Gasteiger partial charge on any atom is -0.495 e. The number of carbonyl (C=O) groups is 1. The number of hydrogen-bond acceptors (Lipinski definition) is 6. The third-order valence-corrected chi connectivity index (χ3v) is 4.66. The van der Waals surface area contributed by atoms with Gasteiger partial charge in [0.2, 0.25) is 0 Å². The molecular weight excluding hydrogens is 396 g/mol. The summed E-state index contributed by atoms with van der Waals surface area (Å²) in [5.41, 5.74) is 2.24. The van der Waals surface area contributed by atoms with Crippen LogP contribution in [0.2, 0.25) is 0 Å². The number of ether oxygens (including phenoxy) is 2. The van der Waals surface area contributed by atoms with Gasteiger partial charge >= 0.3 is 11.6 Å². The number of carbonyl (C=O) groups excluding carboxylic acids is 1. The first-order valence-electron chi connectivity index (χ1n) is 9.79. The van der Waals surface area contributed by atoms with Crippen LogP contribution in [0.1, 0.15) is 26.3 Å². The van der Waals surface area contributed by atoms with Crippen LogP contribution in [0.3, 0.4) is 0 Å². The van der Waals surface area contributed by atoms with Crippen molar-refractivity contribution in [2.75, 3.05) is 7.11 Å². The van der Waals surface area contributed by atoms with Crippen LogP contribution in [0.4, 0.5) is 0 Å². The molecule has 0 radical (unpaired) electrons. The molecule has 0 bridgehead atoms. The van der Waals surface area contributed by atoms with Gasteiger partial charge in [0.1, 0.15) is 16.9 Å². The summed E-state index contributed by atoms with van der Waals surface area (Å²) in [6.45, 7) is 5.46. The number of furan rings is 1. The van der Waals surface area contributed by atoms with E-state index >= 15 is 0 Å². The largest absolute Gasteiger partial charge is 0.495 e. The van der Waals surface area contributed by atoms with E-state index in [-0.39, 0.29) is 0 Å². The monoisotopic (exact) mass is 418 g/mol. The van der Waals surface area contributed by atoms with Gasteiger partial charge in [0.25, 0.3) is 0 Å². The van der Waals surface area contributed by atoms with Crippen molar-refractivity contribution in [1.82, 2.24) is 0 Å². The number of benzene rings is 2. The standard InChI is InChI=1S/C25H22O6/c1-25(2,3)31-20(27)11-7-15-5-8-16(9-6-15)21-23-18(13-14-29-23)22(28-4)17-10-12-19(26)30-24(17)21/h5-14H,1-4H3/b11-7+. The Bertz CT molecular complexity index is 1350. The highest BCUT2D eigenvalue weighted by atomic mass is 16.6. The van der Waals surface area contributed by atoms with E-state index in [0.29, 0.717) is 27.9 Å². The topological polar surface area (TPSA) is 78.9 Å². The molecule has 4 rings (SSSR count). The molecule has 31 heavy (non-hydrogen) atoms. The van der Waals surface area contributed by atoms with Gasteiger partial charge in [0, 0.05) is 12.1 Å². The zero-order valence-electron chi connectivity index (χ0n) is 17.7. The van der Waals surface area contributed by atoms with Crippen LogP contribution in [-0.4, -0.2) is 18.7 Å². The van der Waals surface area contributed by atoms with Crippen molar-refractivity contribution < 1.29 is 23.1 Å². The normalized spacial score (nSPS) is 12.0. The third-order valence-electron chi connectivity index (χ3n) is 4.66. The fourth-order valence-electron chi connectivity index (χ4n) is 3.45. The molecule has 6 heteroatoms. The van der Waals surface area contributed by atoms with Gasteiger partial charge in [-0.05, 0) is 50.1 Å². The first kappa shape index (κ1) is 20.5. The highest BCUT2D eigenvalue weighted by Crippen LogP contribution is 2.43. The lowest BCUT2D eigenvalue weighted by Crippen LogP contribution is -2.22. The van der Waals surface area contributed by atoms with Gasteiger partial charge in [-0.15, -0.1) is 0 Å². The lowest BCUT2D eigenvalue weighted by atomic mass is 9.98. The molecule has 158 valence electrons. The maximum Gasteiger partial charge on any atom is 0.336 e. The summed E-state index contributed by atoms with van der Waals surface area (Å²) in [5.74, 6) is 0.181. The Balaban J connectivity index is 1.79. The zero-order chi connectivity index (χ0) is 22.2. The molecule has 0 unspecified atom stereocenters. The molecular formula is C25H22O6. The summed E-state index contributed by atoms with van der Waals surface area (Å²) in [6, 6.07) is 12.4. The van der Waals surface area contributed by atoms with Crippen LogP contribution in [-0.2, 0) is 9.53 Å². The second-order valence-electron chi connectivity index (χ2n) is 8.06. The SMILES string of the molecule is COc1c2ccoc2c(-c2ccc(/C=C/C(=O)OC(C)(C)C)cc2)c2oc(=O)ccc12. The Kier molecular flexibility index (Phi) is 5.15. The molecule has 2 aromatic carbocycles. The Labute approximate surface area is 178 Å². The molecule has 0 aliphatic heterocycles. The zero-order valence-corrected chi connectivity index (χ0v) is 17.7. The fourth-order valence-corrected chi connectivity index (χ4v) is 3.45. The van der Waals surface area contributed by atoms with Crippen LogP contribution >= 0.6 is 0 Å². The van der Waals surface area contributed by atoms with E-state index in [0.717, 1.165) is 16.5 Å². The van der Waals surface area contributed by atoms with Crippen molar-refractivity contribution in [3.05, 3.63) is 70.8 Å². The Morgan fingerprint density at radius 2 is 1.68 bits per heavy atom. The molecule has 0 aliphatic carbocycles. The summed E-state index contributed by atoms with van der Waals surface area (Å²) >= 11 is 0.